The van der Waals surface area contributed by atoms with Gasteiger partial charge in [0.25, 0.3) is 0 Å². The number of carbonyl (C=O) groups is 1. The molecular weight excluding hydrogens is 190 g/mol. The van der Waals surface area contributed by atoms with Gasteiger partial charge in [0.05, 0.1) is 18.0 Å². The van der Waals surface area contributed by atoms with E-state index in [1.54, 1.807) is 4.90 Å². The van der Waals surface area contributed by atoms with E-state index in [4.69, 9.17) is 11.0 Å². The minimum Gasteiger partial charge on any atom is -0.338 e. The molecule has 1 amide bonds. The van der Waals surface area contributed by atoms with Gasteiger partial charge in [0.15, 0.2) is 0 Å². The first-order valence-corrected chi connectivity index (χ1v) is 5.48. The monoisotopic (exact) mass is 209 g/mol. The Bertz CT molecular complexity index is 276. The Hall–Kier alpha value is -1.08. The van der Waals surface area contributed by atoms with E-state index >= 15 is 0 Å². The molecule has 0 aliphatic heterocycles. The Morgan fingerprint density at radius 2 is 2.20 bits per heavy atom. The Morgan fingerprint density at radius 3 is 2.53 bits per heavy atom. The molecule has 0 radical (unpaired) electrons. The van der Waals surface area contributed by atoms with Gasteiger partial charge in [0, 0.05) is 12.6 Å². The van der Waals surface area contributed by atoms with Crippen LogP contribution in [0.3, 0.4) is 0 Å². The molecule has 0 bridgehead atoms. The molecule has 0 aromatic rings. The van der Waals surface area contributed by atoms with Gasteiger partial charge in [-0.1, -0.05) is 0 Å². The predicted molar refractivity (Wildman–Crippen MR) is 57.8 cm³/mol. The van der Waals surface area contributed by atoms with Crippen LogP contribution in [-0.4, -0.2) is 28.9 Å². The number of hydrogen-bond acceptors (Lipinski definition) is 3. The van der Waals surface area contributed by atoms with E-state index < -0.39 is 5.54 Å². The van der Waals surface area contributed by atoms with E-state index in [9.17, 15) is 4.79 Å². The van der Waals surface area contributed by atoms with Crippen molar-refractivity contribution >= 4 is 5.91 Å². The summed E-state index contributed by atoms with van der Waals surface area (Å²) in [6.45, 7) is 4.40. The van der Waals surface area contributed by atoms with Crippen molar-refractivity contribution in [2.45, 2.75) is 51.1 Å². The highest BCUT2D eigenvalue weighted by atomic mass is 16.2. The lowest BCUT2D eigenvalue weighted by Gasteiger charge is -2.41. The summed E-state index contributed by atoms with van der Waals surface area (Å²) in [7, 11) is 0. The predicted octanol–water partition coefficient (Wildman–Crippen LogP) is 1.02. The normalized spacial score (nSPS) is 18.1. The number of nitriles is 1. The lowest BCUT2D eigenvalue weighted by Crippen LogP contribution is -2.60. The van der Waals surface area contributed by atoms with Crippen LogP contribution in [0.5, 0.6) is 0 Å². The Kier molecular flexibility index (Phi) is 3.70. The summed E-state index contributed by atoms with van der Waals surface area (Å²) in [5.41, 5.74) is 5.34. The minimum absolute atomic E-state index is 0.0130. The van der Waals surface area contributed by atoms with Crippen molar-refractivity contribution in [2.24, 2.45) is 5.73 Å². The van der Waals surface area contributed by atoms with Crippen molar-refractivity contribution in [1.29, 1.82) is 5.26 Å². The van der Waals surface area contributed by atoms with Crippen LogP contribution < -0.4 is 5.73 Å². The summed E-state index contributed by atoms with van der Waals surface area (Å²) in [4.78, 5) is 13.8. The van der Waals surface area contributed by atoms with Crippen molar-refractivity contribution in [3.63, 3.8) is 0 Å². The summed E-state index contributed by atoms with van der Waals surface area (Å²) in [6, 6.07) is 2.18. The summed E-state index contributed by atoms with van der Waals surface area (Å²) >= 11 is 0. The maximum Gasteiger partial charge on any atom is 0.242 e. The third kappa shape index (κ3) is 2.48. The Labute approximate surface area is 91.0 Å². The highest BCUT2D eigenvalue weighted by Gasteiger charge is 2.43. The Balaban J connectivity index is 2.63. The Morgan fingerprint density at radius 1 is 1.60 bits per heavy atom. The lowest BCUT2D eigenvalue weighted by atomic mass is 9.76. The molecule has 1 rings (SSSR count). The molecule has 0 aromatic carbocycles. The molecule has 0 heterocycles. The van der Waals surface area contributed by atoms with E-state index in [0.717, 1.165) is 19.3 Å². The maximum atomic E-state index is 12.1. The molecule has 0 spiro atoms. The number of hydrogen-bond donors (Lipinski definition) is 1. The molecule has 4 nitrogen and oxygen atoms in total. The zero-order valence-electron chi connectivity index (χ0n) is 9.49. The van der Waals surface area contributed by atoms with E-state index in [1.165, 1.54) is 0 Å². The van der Waals surface area contributed by atoms with E-state index in [2.05, 4.69) is 6.07 Å². The fourth-order valence-electron chi connectivity index (χ4n) is 1.82. The molecule has 1 saturated carbocycles. The first kappa shape index (κ1) is 12.0. The molecule has 0 saturated heterocycles. The molecule has 15 heavy (non-hydrogen) atoms. The average Bonchev–Trinajstić information content (AvgIpc) is 2.14. The van der Waals surface area contributed by atoms with Gasteiger partial charge in [0.1, 0.15) is 0 Å². The summed E-state index contributed by atoms with van der Waals surface area (Å²) in [6.07, 6.45) is 2.97. The second-order valence-corrected chi connectivity index (χ2v) is 4.51. The molecule has 0 aromatic heterocycles. The van der Waals surface area contributed by atoms with Gasteiger partial charge in [-0.15, -0.1) is 0 Å². The fourth-order valence-corrected chi connectivity index (χ4v) is 1.82. The van der Waals surface area contributed by atoms with Crippen LogP contribution in [0.25, 0.3) is 0 Å². The standard InChI is InChI=1S/C11H19N3O/c1-9(2)14(8-4-7-12)10(15)11(13)5-3-6-11/h9H,3-6,8,13H2,1-2H3. The molecular formula is C11H19N3O. The largest absolute Gasteiger partial charge is 0.338 e. The topological polar surface area (TPSA) is 70.1 Å². The van der Waals surface area contributed by atoms with Crippen LogP contribution in [0.15, 0.2) is 0 Å². The van der Waals surface area contributed by atoms with Crippen molar-refractivity contribution in [2.75, 3.05) is 6.54 Å². The molecule has 4 heteroatoms. The molecule has 1 fully saturated rings. The number of carbonyl (C=O) groups excluding carboxylic acids is 1. The van der Waals surface area contributed by atoms with Crippen molar-refractivity contribution in [3.8, 4) is 6.07 Å². The minimum atomic E-state index is -0.639. The van der Waals surface area contributed by atoms with Crippen LogP contribution in [0.4, 0.5) is 0 Å². The van der Waals surface area contributed by atoms with Crippen LogP contribution in [0.1, 0.15) is 39.5 Å². The third-order valence-electron chi connectivity index (χ3n) is 3.02. The smallest absolute Gasteiger partial charge is 0.242 e. The molecule has 0 unspecified atom stereocenters. The van der Waals surface area contributed by atoms with Crippen molar-refractivity contribution in [1.82, 2.24) is 4.90 Å². The van der Waals surface area contributed by atoms with Gasteiger partial charge in [-0.05, 0) is 33.1 Å². The van der Waals surface area contributed by atoms with E-state index in [0.29, 0.717) is 13.0 Å². The van der Waals surface area contributed by atoms with Crippen LogP contribution >= 0.6 is 0 Å². The number of rotatable bonds is 4. The zero-order chi connectivity index (χ0) is 11.5. The van der Waals surface area contributed by atoms with Crippen molar-refractivity contribution in [3.05, 3.63) is 0 Å². The molecule has 1 aliphatic rings. The molecule has 84 valence electrons. The van der Waals surface area contributed by atoms with Gasteiger partial charge in [0.2, 0.25) is 5.91 Å². The van der Waals surface area contributed by atoms with Gasteiger partial charge in [-0.2, -0.15) is 5.26 Å². The van der Waals surface area contributed by atoms with Gasteiger partial charge in [-0.25, -0.2) is 0 Å². The molecule has 2 N–H and O–H groups in total. The first-order valence-electron chi connectivity index (χ1n) is 5.48. The lowest BCUT2D eigenvalue weighted by molar-refractivity contribution is -0.141. The van der Waals surface area contributed by atoms with E-state index in [-0.39, 0.29) is 11.9 Å². The summed E-state index contributed by atoms with van der Waals surface area (Å²) in [5.74, 6) is 0.0130. The molecule has 0 atom stereocenters. The average molecular weight is 209 g/mol. The van der Waals surface area contributed by atoms with Gasteiger partial charge in [-0.3, -0.25) is 4.79 Å². The van der Waals surface area contributed by atoms with Crippen LogP contribution in [0.2, 0.25) is 0 Å². The molecule has 1 aliphatic carbocycles. The van der Waals surface area contributed by atoms with E-state index in [1.807, 2.05) is 13.8 Å². The second kappa shape index (κ2) is 4.63. The third-order valence-corrected chi connectivity index (χ3v) is 3.02. The van der Waals surface area contributed by atoms with Crippen LogP contribution in [0, 0.1) is 11.3 Å². The number of nitrogens with zero attached hydrogens (tertiary/aromatic N) is 2. The van der Waals surface area contributed by atoms with Gasteiger partial charge >= 0.3 is 0 Å². The SMILES string of the molecule is CC(C)N(CCC#N)C(=O)C1(N)CCC1. The quantitative estimate of drug-likeness (QED) is 0.751. The summed E-state index contributed by atoms with van der Waals surface area (Å²) in [5, 5.41) is 8.53. The fraction of sp³-hybridized carbons (Fsp3) is 0.818. The van der Waals surface area contributed by atoms with Crippen molar-refractivity contribution < 1.29 is 4.79 Å². The first-order chi connectivity index (χ1) is 7.01. The second-order valence-electron chi connectivity index (χ2n) is 4.51. The zero-order valence-corrected chi connectivity index (χ0v) is 9.49. The highest BCUT2D eigenvalue weighted by molar-refractivity contribution is 5.87. The number of amides is 1. The van der Waals surface area contributed by atoms with Gasteiger partial charge < -0.3 is 10.6 Å². The highest BCUT2D eigenvalue weighted by Crippen LogP contribution is 2.31. The number of nitrogens with two attached hydrogens (primary N) is 1. The van der Waals surface area contributed by atoms with Crippen LogP contribution in [-0.2, 0) is 4.79 Å². The summed E-state index contributed by atoms with van der Waals surface area (Å²) < 4.78 is 0. The maximum absolute atomic E-state index is 12.1.